The average Bonchev–Trinajstić information content (AvgIpc) is 2.82. The number of methoxy groups -OCH3 is 1. The molecule has 1 amide bonds. The van der Waals surface area contributed by atoms with Gasteiger partial charge < -0.3 is 14.4 Å². The Labute approximate surface area is 138 Å². The Morgan fingerprint density at radius 1 is 1.36 bits per heavy atom. The lowest BCUT2D eigenvalue weighted by molar-refractivity contribution is -0.0584. The fourth-order valence-electron chi connectivity index (χ4n) is 2.80. The van der Waals surface area contributed by atoms with Gasteiger partial charge in [0.15, 0.2) is 0 Å². The molecule has 118 valence electrons. The fraction of sp³-hybridized carbons (Fsp3) is 0.438. The van der Waals surface area contributed by atoms with Crippen molar-refractivity contribution < 1.29 is 14.3 Å². The van der Waals surface area contributed by atoms with Gasteiger partial charge in [0, 0.05) is 23.2 Å². The summed E-state index contributed by atoms with van der Waals surface area (Å²) in [5, 5.41) is 1.42. The van der Waals surface area contributed by atoms with Crippen LogP contribution in [0.5, 0.6) is 5.75 Å². The summed E-state index contributed by atoms with van der Waals surface area (Å²) in [6.07, 6.45) is 0.0851. The molecule has 2 aromatic rings. The van der Waals surface area contributed by atoms with E-state index in [9.17, 15) is 4.79 Å². The highest BCUT2D eigenvalue weighted by Crippen LogP contribution is 2.38. The highest BCUT2D eigenvalue weighted by molar-refractivity contribution is 7.21. The summed E-state index contributed by atoms with van der Waals surface area (Å²) in [6, 6.07) is 5.66. The number of benzene rings is 1. The van der Waals surface area contributed by atoms with Crippen LogP contribution < -0.4 is 4.74 Å². The number of carbonyl (C=O) groups is 1. The number of morpholine rings is 1. The number of nitrogens with zero attached hydrogens (tertiary/aromatic N) is 1. The van der Waals surface area contributed by atoms with Gasteiger partial charge in [0.2, 0.25) is 0 Å². The Bertz CT molecular complexity index is 705. The third-order valence-electron chi connectivity index (χ3n) is 3.74. The van der Waals surface area contributed by atoms with Crippen molar-refractivity contribution in [3.05, 3.63) is 28.1 Å². The summed E-state index contributed by atoms with van der Waals surface area (Å²) in [7, 11) is 1.62. The van der Waals surface area contributed by atoms with Gasteiger partial charge in [-0.15, -0.1) is 11.3 Å². The maximum absolute atomic E-state index is 12.8. The van der Waals surface area contributed by atoms with E-state index in [1.54, 1.807) is 7.11 Å². The molecule has 0 spiro atoms. The number of rotatable bonds is 2. The molecule has 1 aromatic carbocycles. The van der Waals surface area contributed by atoms with Crippen molar-refractivity contribution in [2.24, 2.45) is 0 Å². The van der Waals surface area contributed by atoms with E-state index in [0.29, 0.717) is 23.0 Å². The number of thiophene rings is 1. The molecular weight excluding hydrogens is 322 g/mol. The van der Waals surface area contributed by atoms with E-state index >= 15 is 0 Å². The molecule has 1 aliphatic rings. The zero-order valence-electron chi connectivity index (χ0n) is 12.8. The van der Waals surface area contributed by atoms with Crippen molar-refractivity contribution >= 4 is 38.9 Å². The molecule has 2 unspecified atom stereocenters. The lowest BCUT2D eigenvalue weighted by atomic mass is 10.2. The average molecular weight is 340 g/mol. The van der Waals surface area contributed by atoms with Crippen LogP contribution in [0.15, 0.2) is 18.2 Å². The zero-order valence-corrected chi connectivity index (χ0v) is 14.3. The predicted molar refractivity (Wildman–Crippen MR) is 89.3 cm³/mol. The molecule has 1 saturated heterocycles. The van der Waals surface area contributed by atoms with E-state index in [-0.39, 0.29) is 18.1 Å². The van der Waals surface area contributed by atoms with Crippen molar-refractivity contribution in [2.75, 3.05) is 20.2 Å². The minimum atomic E-state index is -0.0211. The summed E-state index contributed by atoms with van der Waals surface area (Å²) >= 11 is 7.84. The first kappa shape index (κ1) is 15.6. The molecule has 1 aromatic heterocycles. The van der Waals surface area contributed by atoms with E-state index < -0.39 is 0 Å². The van der Waals surface area contributed by atoms with Gasteiger partial charge in [0.1, 0.15) is 10.6 Å². The Morgan fingerprint density at radius 3 is 2.68 bits per heavy atom. The molecule has 22 heavy (non-hydrogen) atoms. The van der Waals surface area contributed by atoms with Crippen LogP contribution in [0.4, 0.5) is 0 Å². The van der Waals surface area contributed by atoms with Gasteiger partial charge in [-0.1, -0.05) is 11.6 Å². The van der Waals surface area contributed by atoms with Crippen LogP contribution in [0.3, 0.4) is 0 Å². The summed E-state index contributed by atoms with van der Waals surface area (Å²) in [5.41, 5.74) is 0. The van der Waals surface area contributed by atoms with E-state index in [1.165, 1.54) is 11.3 Å². The maximum Gasteiger partial charge on any atom is 0.265 e. The van der Waals surface area contributed by atoms with Crippen LogP contribution in [0.1, 0.15) is 23.5 Å². The molecule has 6 heteroatoms. The van der Waals surface area contributed by atoms with Gasteiger partial charge in [0.05, 0.1) is 24.3 Å². The largest absolute Gasteiger partial charge is 0.497 e. The van der Waals surface area contributed by atoms with Gasteiger partial charge in [-0.25, -0.2) is 0 Å². The number of fused-ring (bicyclic) bond motifs is 1. The maximum atomic E-state index is 12.8. The standard InChI is InChI=1S/C16H18ClNO3S/c1-9-7-18(8-10(2)21-9)16(19)15-14(17)12-5-4-11(20-3)6-13(12)22-15/h4-6,9-10H,7-8H2,1-3H3. The van der Waals surface area contributed by atoms with Gasteiger partial charge in [-0.2, -0.15) is 0 Å². The molecule has 1 aliphatic heterocycles. The second-order valence-corrected chi connectivity index (χ2v) is 7.00. The SMILES string of the molecule is COc1ccc2c(Cl)c(C(=O)N3CC(C)OC(C)C3)sc2c1. The third kappa shape index (κ3) is 2.81. The Kier molecular flexibility index (Phi) is 4.30. The van der Waals surface area contributed by atoms with Gasteiger partial charge in [-0.3, -0.25) is 4.79 Å². The monoisotopic (exact) mass is 339 g/mol. The van der Waals surface area contributed by atoms with Crippen LogP contribution in [0, 0.1) is 0 Å². The molecule has 3 rings (SSSR count). The Balaban J connectivity index is 1.95. The quantitative estimate of drug-likeness (QED) is 0.835. The Morgan fingerprint density at radius 2 is 2.05 bits per heavy atom. The van der Waals surface area contributed by atoms with Gasteiger partial charge >= 0.3 is 0 Å². The molecule has 2 heterocycles. The van der Waals surface area contributed by atoms with Crippen molar-refractivity contribution in [2.45, 2.75) is 26.1 Å². The molecule has 0 radical (unpaired) electrons. The summed E-state index contributed by atoms with van der Waals surface area (Å²) in [4.78, 5) is 15.2. The Hall–Kier alpha value is -1.30. The van der Waals surface area contributed by atoms with Crippen molar-refractivity contribution in [3.8, 4) is 5.75 Å². The molecular formula is C16H18ClNO3S. The molecule has 0 N–H and O–H groups in total. The van der Waals surface area contributed by atoms with E-state index in [2.05, 4.69) is 0 Å². The molecule has 0 saturated carbocycles. The number of carbonyl (C=O) groups excluding carboxylic acids is 1. The second kappa shape index (κ2) is 6.07. The summed E-state index contributed by atoms with van der Waals surface area (Å²) in [6.45, 7) is 5.15. The summed E-state index contributed by atoms with van der Waals surface area (Å²) in [5.74, 6) is 0.741. The number of hydrogen-bond donors (Lipinski definition) is 0. The van der Waals surface area contributed by atoms with Gasteiger partial charge in [0.25, 0.3) is 5.91 Å². The minimum absolute atomic E-state index is 0.0211. The van der Waals surface area contributed by atoms with E-state index in [4.69, 9.17) is 21.1 Å². The van der Waals surface area contributed by atoms with Gasteiger partial charge in [-0.05, 0) is 32.0 Å². The topological polar surface area (TPSA) is 38.8 Å². The molecule has 0 bridgehead atoms. The first-order valence-electron chi connectivity index (χ1n) is 7.20. The lowest BCUT2D eigenvalue weighted by Gasteiger charge is -2.35. The van der Waals surface area contributed by atoms with Crippen LogP contribution in [-0.2, 0) is 4.74 Å². The zero-order chi connectivity index (χ0) is 15.9. The number of amides is 1. The molecule has 0 aliphatic carbocycles. The number of halogens is 1. The predicted octanol–water partition coefficient (Wildman–Crippen LogP) is 3.81. The van der Waals surface area contributed by atoms with Crippen molar-refractivity contribution in [3.63, 3.8) is 0 Å². The highest BCUT2D eigenvalue weighted by Gasteiger charge is 2.29. The molecule has 1 fully saturated rings. The normalized spacial score (nSPS) is 22.1. The van der Waals surface area contributed by atoms with Crippen molar-refractivity contribution in [1.29, 1.82) is 0 Å². The molecule has 4 nitrogen and oxygen atoms in total. The first-order chi connectivity index (χ1) is 10.5. The number of ether oxygens (including phenoxy) is 2. The van der Waals surface area contributed by atoms with E-state index in [0.717, 1.165) is 15.8 Å². The van der Waals surface area contributed by atoms with Crippen LogP contribution in [0.2, 0.25) is 5.02 Å². The van der Waals surface area contributed by atoms with Crippen LogP contribution in [-0.4, -0.2) is 43.2 Å². The first-order valence-corrected chi connectivity index (χ1v) is 8.39. The lowest BCUT2D eigenvalue weighted by Crippen LogP contribution is -2.48. The summed E-state index contributed by atoms with van der Waals surface area (Å²) < 4.78 is 11.9. The third-order valence-corrected chi connectivity index (χ3v) is 5.38. The smallest absolute Gasteiger partial charge is 0.265 e. The highest BCUT2D eigenvalue weighted by atomic mass is 35.5. The van der Waals surface area contributed by atoms with Crippen LogP contribution in [0.25, 0.3) is 10.1 Å². The van der Waals surface area contributed by atoms with Crippen molar-refractivity contribution in [1.82, 2.24) is 4.90 Å². The van der Waals surface area contributed by atoms with E-state index in [1.807, 2.05) is 36.9 Å². The minimum Gasteiger partial charge on any atom is -0.497 e. The second-order valence-electron chi connectivity index (χ2n) is 5.57. The number of hydrogen-bond acceptors (Lipinski definition) is 4. The fourth-order valence-corrected chi connectivity index (χ4v) is 4.31. The molecule has 2 atom stereocenters. The van der Waals surface area contributed by atoms with Crippen LogP contribution >= 0.6 is 22.9 Å².